The van der Waals surface area contributed by atoms with Crippen LogP contribution >= 0.6 is 0 Å². The Bertz CT molecular complexity index is 701. The zero-order valence-corrected chi connectivity index (χ0v) is 11.2. The van der Waals surface area contributed by atoms with Crippen molar-refractivity contribution in [3.63, 3.8) is 0 Å². The van der Waals surface area contributed by atoms with Crippen LogP contribution in [0.1, 0.15) is 18.5 Å². The van der Waals surface area contributed by atoms with Gasteiger partial charge in [-0.25, -0.2) is 0 Å². The number of aromatic nitrogens is 2. The molecule has 1 fully saturated rings. The number of carbonyl (C=O) groups excluding carboxylic acids is 1. The molecule has 3 rings (SSSR count). The van der Waals surface area contributed by atoms with Crippen molar-refractivity contribution in [3.8, 4) is 6.07 Å². The molecule has 6 nitrogen and oxygen atoms in total. The lowest BCUT2D eigenvalue weighted by atomic mass is 10.2. The molecule has 21 heavy (non-hydrogen) atoms. The van der Waals surface area contributed by atoms with Crippen LogP contribution in [0, 0.1) is 17.2 Å². The highest BCUT2D eigenvalue weighted by atomic mass is 16.2. The monoisotopic (exact) mass is 279 g/mol. The van der Waals surface area contributed by atoms with E-state index in [1.807, 2.05) is 30.3 Å². The molecule has 0 aliphatic heterocycles. The van der Waals surface area contributed by atoms with Gasteiger partial charge in [0.25, 0.3) is 0 Å². The van der Waals surface area contributed by atoms with Crippen LogP contribution in [0.5, 0.6) is 0 Å². The molecule has 0 saturated heterocycles. The Morgan fingerprint density at radius 1 is 1.19 bits per heavy atom. The summed E-state index contributed by atoms with van der Waals surface area (Å²) in [6.45, 7) is 0. The number of nitriles is 1. The number of carbonyl (C=O) groups is 1. The Labute approximate surface area is 121 Å². The molecule has 1 aliphatic carbocycles. The first-order chi connectivity index (χ1) is 10.2. The van der Waals surface area contributed by atoms with Gasteiger partial charge in [-0.15, -0.1) is 10.2 Å². The van der Waals surface area contributed by atoms with Gasteiger partial charge in [0.1, 0.15) is 6.07 Å². The first kappa shape index (κ1) is 13.1. The van der Waals surface area contributed by atoms with E-state index >= 15 is 0 Å². The van der Waals surface area contributed by atoms with Crippen molar-refractivity contribution in [1.82, 2.24) is 10.2 Å². The van der Waals surface area contributed by atoms with Crippen molar-refractivity contribution >= 4 is 23.1 Å². The molecule has 6 heteroatoms. The van der Waals surface area contributed by atoms with Crippen LogP contribution in [0.2, 0.25) is 0 Å². The summed E-state index contributed by atoms with van der Waals surface area (Å²) < 4.78 is 0. The van der Waals surface area contributed by atoms with Crippen molar-refractivity contribution in [2.75, 3.05) is 10.6 Å². The Hall–Kier alpha value is -2.94. The maximum absolute atomic E-state index is 11.7. The fourth-order valence-corrected chi connectivity index (χ4v) is 1.87. The second kappa shape index (κ2) is 5.59. The maximum atomic E-state index is 11.7. The molecule has 1 aliphatic rings. The van der Waals surface area contributed by atoms with E-state index in [0.29, 0.717) is 5.82 Å². The second-order valence-electron chi connectivity index (χ2n) is 4.88. The highest BCUT2D eigenvalue weighted by Gasteiger charge is 2.29. The summed E-state index contributed by atoms with van der Waals surface area (Å²) in [5, 5.41) is 22.3. The van der Waals surface area contributed by atoms with Crippen molar-refractivity contribution in [2.45, 2.75) is 12.8 Å². The van der Waals surface area contributed by atoms with E-state index in [1.54, 1.807) is 12.1 Å². The molecule has 0 bridgehead atoms. The third-order valence-electron chi connectivity index (χ3n) is 3.13. The predicted octanol–water partition coefficient (Wildman–Crippen LogP) is 2.44. The van der Waals surface area contributed by atoms with E-state index < -0.39 is 0 Å². The summed E-state index contributed by atoms with van der Waals surface area (Å²) in [6, 6.07) is 12.6. The fraction of sp³-hybridized carbons (Fsp3) is 0.200. The van der Waals surface area contributed by atoms with Crippen LogP contribution in [0.15, 0.2) is 36.4 Å². The summed E-state index contributed by atoms with van der Waals surface area (Å²) in [6.07, 6.45) is 1.95. The van der Waals surface area contributed by atoms with Crippen molar-refractivity contribution in [1.29, 1.82) is 5.26 Å². The van der Waals surface area contributed by atoms with E-state index in [4.69, 9.17) is 5.26 Å². The fourth-order valence-electron chi connectivity index (χ4n) is 1.87. The standard InChI is InChI=1S/C15H13N5O/c16-9-13-6-7-14(20-19-13)17-11-2-1-3-12(8-11)18-15(21)10-4-5-10/h1-3,6-8,10H,4-5H2,(H,17,20)(H,18,21). The van der Waals surface area contributed by atoms with E-state index in [9.17, 15) is 4.79 Å². The molecule has 0 unspecified atom stereocenters. The second-order valence-corrected chi connectivity index (χ2v) is 4.88. The van der Waals surface area contributed by atoms with Crippen LogP contribution < -0.4 is 10.6 Å². The van der Waals surface area contributed by atoms with Crippen LogP contribution in [-0.4, -0.2) is 16.1 Å². The van der Waals surface area contributed by atoms with Crippen molar-refractivity contribution in [2.24, 2.45) is 5.92 Å². The van der Waals surface area contributed by atoms with Gasteiger partial charge in [-0.2, -0.15) is 5.26 Å². The van der Waals surface area contributed by atoms with Crippen molar-refractivity contribution in [3.05, 3.63) is 42.1 Å². The minimum Gasteiger partial charge on any atom is -0.339 e. The number of rotatable bonds is 4. The van der Waals surface area contributed by atoms with Gasteiger partial charge in [0, 0.05) is 17.3 Å². The zero-order chi connectivity index (χ0) is 14.7. The minimum atomic E-state index is 0.0744. The summed E-state index contributed by atoms with van der Waals surface area (Å²) in [5.74, 6) is 0.788. The van der Waals surface area contributed by atoms with Crippen molar-refractivity contribution < 1.29 is 4.79 Å². The van der Waals surface area contributed by atoms with Gasteiger partial charge in [-0.05, 0) is 43.2 Å². The summed E-state index contributed by atoms with van der Waals surface area (Å²) in [5.41, 5.74) is 1.81. The molecule has 1 aromatic heterocycles. The van der Waals surface area contributed by atoms with Gasteiger partial charge in [-0.1, -0.05) is 6.07 Å². The van der Waals surface area contributed by atoms with E-state index in [2.05, 4.69) is 20.8 Å². The zero-order valence-electron chi connectivity index (χ0n) is 11.2. The molecule has 2 aromatic rings. The van der Waals surface area contributed by atoms with Gasteiger partial charge >= 0.3 is 0 Å². The third-order valence-corrected chi connectivity index (χ3v) is 3.13. The normalized spacial score (nSPS) is 13.3. The number of amides is 1. The topological polar surface area (TPSA) is 90.7 Å². The number of hydrogen-bond acceptors (Lipinski definition) is 5. The summed E-state index contributed by atoms with van der Waals surface area (Å²) >= 11 is 0. The Morgan fingerprint density at radius 3 is 2.67 bits per heavy atom. The lowest BCUT2D eigenvalue weighted by molar-refractivity contribution is -0.117. The Balaban J connectivity index is 1.69. The molecule has 2 N–H and O–H groups in total. The van der Waals surface area contributed by atoms with Crippen LogP contribution in [0.4, 0.5) is 17.2 Å². The Morgan fingerprint density at radius 2 is 2.00 bits per heavy atom. The molecular weight excluding hydrogens is 266 g/mol. The quantitative estimate of drug-likeness (QED) is 0.897. The SMILES string of the molecule is N#Cc1ccc(Nc2cccc(NC(=O)C3CC3)c2)nn1. The van der Waals surface area contributed by atoms with E-state index in [0.717, 1.165) is 24.2 Å². The Kier molecular flexibility index (Phi) is 3.48. The number of anilines is 3. The molecule has 1 aromatic carbocycles. The van der Waals surface area contributed by atoms with E-state index in [1.165, 1.54) is 0 Å². The smallest absolute Gasteiger partial charge is 0.227 e. The first-order valence-electron chi connectivity index (χ1n) is 6.66. The van der Waals surface area contributed by atoms with Crippen LogP contribution in [0.25, 0.3) is 0 Å². The molecule has 0 radical (unpaired) electrons. The highest BCUT2D eigenvalue weighted by Crippen LogP contribution is 2.30. The largest absolute Gasteiger partial charge is 0.339 e. The lowest BCUT2D eigenvalue weighted by Gasteiger charge is -2.08. The predicted molar refractivity (Wildman–Crippen MR) is 77.8 cm³/mol. The molecule has 0 spiro atoms. The van der Waals surface area contributed by atoms with Crippen LogP contribution in [0.3, 0.4) is 0 Å². The number of nitrogens with one attached hydrogen (secondary N) is 2. The van der Waals surface area contributed by atoms with Gasteiger partial charge in [0.2, 0.25) is 5.91 Å². The number of benzene rings is 1. The average Bonchev–Trinajstić information content (AvgIpc) is 3.33. The van der Waals surface area contributed by atoms with Gasteiger partial charge < -0.3 is 10.6 Å². The third kappa shape index (κ3) is 3.34. The van der Waals surface area contributed by atoms with Gasteiger partial charge in [0.05, 0.1) is 0 Å². The minimum absolute atomic E-state index is 0.0744. The molecular formula is C15H13N5O. The average molecular weight is 279 g/mol. The van der Waals surface area contributed by atoms with Crippen LogP contribution in [-0.2, 0) is 4.79 Å². The molecule has 0 atom stereocenters. The highest BCUT2D eigenvalue weighted by molar-refractivity contribution is 5.94. The van der Waals surface area contributed by atoms with Gasteiger partial charge in [0.15, 0.2) is 11.5 Å². The summed E-state index contributed by atoms with van der Waals surface area (Å²) in [4.78, 5) is 11.7. The summed E-state index contributed by atoms with van der Waals surface area (Å²) in [7, 11) is 0. The maximum Gasteiger partial charge on any atom is 0.227 e. The molecule has 1 heterocycles. The number of nitrogens with zero attached hydrogens (tertiary/aromatic N) is 3. The van der Waals surface area contributed by atoms with E-state index in [-0.39, 0.29) is 17.5 Å². The lowest BCUT2D eigenvalue weighted by Crippen LogP contribution is -2.13. The first-order valence-corrected chi connectivity index (χ1v) is 6.66. The molecule has 1 amide bonds. The molecule has 1 saturated carbocycles. The molecule has 104 valence electrons. The number of hydrogen-bond donors (Lipinski definition) is 2. The van der Waals surface area contributed by atoms with Gasteiger partial charge in [-0.3, -0.25) is 4.79 Å².